The molecule has 0 radical (unpaired) electrons. The third-order valence-corrected chi connectivity index (χ3v) is 3.70. The first-order valence-corrected chi connectivity index (χ1v) is 6.83. The topological polar surface area (TPSA) is 133 Å². The molecule has 0 saturated carbocycles. The highest BCUT2D eigenvalue weighted by Gasteiger charge is 2.30. The molecule has 0 heterocycles. The standard InChI is InChI=1S/C9H11ClN2O6S/c1-18-3-2-5-4-6(10)9(19(11,16)17)8(13)7(5)12(14)15/h4,13H,2-3H2,1H3,(H2,11,16,17). The quantitative estimate of drug-likeness (QED) is 0.610. The van der Waals surface area contributed by atoms with Crippen LogP contribution in [-0.4, -0.2) is 32.2 Å². The Morgan fingerprint density at radius 2 is 2.16 bits per heavy atom. The highest BCUT2D eigenvalue weighted by Crippen LogP contribution is 2.40. The van der Waals surface area contributed by atoms with E-state index in [0.717, 1.165) is 6.07 Å². The van der Waals surface area contributed by atoms with Crippen LogP contribution >= 0.6 is 11.6 Å². The van der Waals surface area contributed by atoms with E-state index in [4.69, 9.17) is 21.5 Å². The first-order valence-electron chi connectivity index (χ1n) is 4.90. The normalized spacial score (nSPS) is 11.5. The zero-order valence-corrected chi connectivity index (χ0v) is 11.4. The fraction of sp³-hybridized carbons (Fsp3) is 0.333. The number of methoxy groups -OCH3 is 1. The van der Waals surface area contributed by atoms with E-state index < -0.39 is 31.3 Å². The van der Waals surface area contributed by atoms with Crippen LogP contribution in [0.1, 0.15) is 5.56 Å². The van der Waals surface area contributed by atoms with Crippen molar-refractivity contribution in [1.82, 2.24) is 0 Å². The molecule has 1 aromatic rings. The molecule has 0 bridgehead atoms. The third-order valence-electron chi connectivity index (χ3n) is 2.30. The van der Waals surface area contributed by atoms with E-state index in [9.17, 15) is 23.6 Å². The number of nitro benzene ring substituents is 1. The number of hydrogen-bond acceptors (Lipinski definition) is 6. The van der Waals surface area contributed by atoms with Crippen molar-refractivity contribution in [3.8, 4) is 5.75 Å². The van der Waals surface area contributed by atoms with Crippen molar-refractivity contribution in [2.45, 2.75) is 11.3 Å². The largest absolute Gasteiger partial charge is 0.501 e. The van der Waals surface area contributed by atoms with E-state index >= 15 is 0 Å². The number of primary sulfonamides is 1. The van der Waals surface area contributed by atoms with E-state index in [1.807, 2.05) is 0 Å². The molecule has 0 aliphatic heterocycles. The molecule has 0 aliphatic carbocycles. The van der Waals surface area contributed by atoms with Crippen molar-refractivity contribution >= 4 is 27.3 Å². The lowest BCUT2D eigenvalue weighted by atomic mass is 10.1. The maximum Gasteiger partial charge on any atom is 0.315 e. The molecule has 0 saturated heterocycles. The summed E-state index contributed by atoms with van der Waals surface area (Å²) in [4.78, 5) is 9.17. The van der Waals surface area contributed by atoms with Crippen LogP contribution < -0.4 is 5.14 Å². The number of phenols is 1. The molecular weight excluding hydrogens is 300 g/mol. The second-order valence-electron chi connectivity index (χ2n) is 3.59. The molecule has 0 fully saturated rings. The first kappa shape index (κ1) is 15.6. The third kappa shape index (κ3) is 3.32. The lowest BCUT2D eigenvalue weighted by Gasteiger charge is -2.09. The number of benzene rings is 1. The van der Waals surface area contributed by atoms with E-state index in [0.29, 0.717) is 0 Å². The van der Waals surface area contributed by atoms with Crippen molar-refractivity contribution in [2.75, 3.05) is 13.7 Å². The number of hydrogen-bond donors (Lipinski definition) is 2. The van der Waals surface area contributed by atoms with Gasteiger partial charge in [0.05, 0.1) is 16.6 Å². The molecule has 0 atom stereocenters. The summed E-state index contributed by atoms with van der Waals surface area (Å²) in [6, 6.07) is 1.08. The molecule has 19 heavy (non-hydrogen) atoms. The fourth-order valence-electron chi connectivity index (χ4n) is 1.54. The van der Waals surface area contributed by atoms with Crippen LogP contribution in [0, 0.1) is 10.1 Å². The molecule has 0 amide bonds. The van der Waals surface area contributed by atoms with Gasteiger partial charge >= 0.3 is 5.69 Å². The Bertz CT molecular complexity index is 616. The monoisotopic (exact) mass is 310 g/mol. The smallest absolute Gasteiger partial charge is 0.315 e. The highest BCUT2D eigenvalue weighted by molar-refractivity contribution is 7.89. The number of nitrogens with zero attached hydrogens (tertiary/aromatic N) is 1. The van der Waals surface area contributed by atoms with E-state index in [-0.39, 0.29) is 23.6 Å². The molecule has 8 nitrogen and oxygen atoms in total. The van der Waals surface area contributed by atoms with Gasteiger partial charge in [0.25, 0.3) is 0 Å². The second-order valence-corrected chi connectivity index (χ2v) is 5.49. The van der Waals surface area contributed by atoms with Gasteiger partial charge in [0, 0.05) is 19.1 Å². The van der Waals surface area contributed by atoms with E-state index in [1.165, 1.54) is 7.11 Å². The van der Waals surface area contributed by atoms with Crippen LogP contribution in [0.25, 0.3) is 0 Å². The van der Waals surface area contributed by atoms with Crippen molar-refractivity contribution in [3.63, 3.8) is 0 Å². The van der Waals surface area contributed by atoms with Crippen LogP contribution in [0.3, 0.4) is 0 Å². The molecule has 0 spiro atoms. The Kier molecular flexibility index (Phi) is 4.69. The summed E-state index contributed by atoms with van der Waals surface area (Å²) in [6.07, 6.45) is 0.0883. The minimum Gasteiger partial charge on any atom is -0.501 e. The van der Waals surface area contributed by atoms with Gasteiger partial charge in [-0.25, -0.2) is 13.6 Å². The minimum atomic E-state index is -4.38. The van der Waals surface area contributed by atoms with Crippen LogP contribution in [0.2, 0.25) is 5.02 Å². The Hall–Kier alpha value is -1.42. The molecule has 10 heteroatoms. The van der Waals surface area contributed by atoms with Crippen LogP contribution in [0.15, 0.2) is 11.0 Å². The lowest BCUT2D eigenvalue weighted by Crippen LogP contribution is -2.14. The van der Waals surface area contributed by atoms with Gasteiger partial charge in [-0.15, -0.1) is 0 Å². The van der Waals surface area contributed by atoms with E-state index in [1.54, 1.807) is 0 Å². The summed E-state index contributed by atoms with van der Waals surface area (Å²) >= 11 is 5.69. The zero-order chi connectivity index (χ0) is 14.8. The summed E-state index contributed by atoms with van der Waals surface area (Å²) in [5.41, 5.74) is -0.688. The first-order chi connectivity index (χ1) is 8.70. The van der Waals surface area contributed by atoms with Crippen molar-refractivity contribution in [1.29, 1.82) is 0 Å². The number of aromatic hydroxyl groups is 1. The van der Waals surface area contributed by atoms with Gasteiger partial charge in [0.15, 0.2) is 0 Å². The summed E-state index contributed by atoms with van der Waals surface area (Å²) in [5, 5.41) is 25.1. The SMILES string of the molecule is COCCc1cc(Cl)c(S(N)(=O)=O)c(O)c1[N+](=O)[O-]. The summed E-state index contributed by atoms with van der Waals surface area (Å²) in [5.74, 6) is -1.06. The van der Waals surface area contributed by atoms with Crippen LogP contribution in [0.5, 0.6) is 5.75 Å². The van der Waals surface area contributed by atoms with Crippen LogP contribution in [0.4, 0.5) is 5.69 Å². The van der Waals surface area contributed by atoms with Gasteiger partial charge in [0.2, 0.25) is 15.8 Å². The van der Waals surface area contributed by atoms with E-state index in [2.05, 4.69) is 0 Å². The van der Waals surface area contributed by atoms with Crippen molar-refractivity contribution in [3.05, 3.63) is 26.8 Å². The van der Waals surface area contributed by atoms with Gasteiger partial charge in [-0.2, -0.15) is 0 Å². The number of nitro groups is 1. The van der Waals surface area contributed by atoms with Crippen molar-refractivity contribution < 1.29 is 23.2 Å². The molecular formula is C9H11ClN2O6S. The summed E-state index contributed by atoms with van der Waals surface area (Å²) in [6.45, 7) is 0.144. The Labute approximate surface area is 113 Å². The molecule has 106 valence electrons. The average molecular weight is 311 g/mol. The molecule has 0 aromatic heterocycles. The zero-order valence-electron chi connectivity index (χ0n) is 9.79. The molecule has 0 unspecified atom stereocenters. The average Bonchev–Trinajstić information content (AvgIpc) is 2.22. The molecule has 0 aliphatic rings. The number of phenolic OH excluding ortho intramolecular Hbond substituents is 1. The van der Waals surface area contributed by atoms with Gasteiger partial charge in [0.1, 0.15) is 4.90 Å². The van der Waals surface area contributed by atoms with Crippen LogP contribution in [-0.2, 0) is 21.2 Å². The molecule has 1 rings (SSSR count). The minimum absolute atomic E-state index is 0.0572. The maximum atomic E-state index is 11.3. The highest BCUT2D eigenvalue weighted by atomic mass is 35.5. The Morgan fingerprint density at radius 3 is 2.58 bits per heavy atom. The predicted molar refractivity (Wildman–Crippen MR) is 66.7 cm³/mol. The Morgan fingerprint density at radius 1 is 1.58 bits per heavy atom. The molecule has 1 aromatic carbocycles. The van der Waals surface area contributed by atoms with Gasteiger partial charge in [-0.05, 0) is 6.07 Å². The lowest BCUT2D eigenvalue weighted by molar-refractivity contribution is -0.386. The maximum absolute atomic E-state index is 11.3. The molecule has 3 N–H and O–H groups in total. The number of sulfonamides is 1. The van der Waals surface area contributed by atoms with Gasteiger partial charge < -0.3 is 9.84 Å². The Balaban J connectivity index is 3.60. The number of halogens is 1. The predicted octanol–water partition coefficient (Wildman–Crippen LogP) is 0.790. The van der Waals surface area contributed by atoms with Crippen molar-refractivity contribution in [2.24, 2.45) is 5.14 Å². The van der Waals surface area contributed by atoms with Gasteiger partial charge in [-0.3, -0.25) is 10.1 Å². The summed E-state index contributed by atoms with van der Waals surface area (Å²) < 4.78 is 27.3. The number of ether oxygens (including phenoxy) is 1. The second kappa shape index (κ2) is 5.70. The number of rotatable bonds is 5. The summed E-state index contributed by atoms with van der Waals surface area (Å²) in [7, 11) is -2.98. The van der Waals surface area contributed by atoms with Gasteiger partial charge in [-0.1, -0.05) is 11.6 Å². The number of nitrogens with two attached hydrogens (primary N) is 1. The fourth-order valence-corrected chi connectivity index (χ4v) is 2.78.